The monoisotopic (exact) mass is 270 g/mol. The van der Waals surface area contributed by atoms with Gasteiger partial charge in [-0.2, -0.15) is 0 Å². The van der Waals surface area contributed by atoms with Crippen LogP contribution in [-0.2, 0) is 0 Å². The lowest BCUT2D eigenvalue weighted by molar-refractivity contribution is 0.968. The summed E-state index contributed by atoms with van der Waals surface area (Å²) >= 11 is 13.0. The van der Waals surface area contributed by atoms with Crippen molar-refractivity contribution in [3.05, 3.63) is 46.2 Å². The van der Waals surface area contributed by atoms with Crippen LogP contribution in [-0.4, -0.2) is 9.97 Å². The number of hydrogen-bond acceptors (Lipinski definition) is 3. The molecule has 0 aliphatic heterocycles. The number of halogens is 2. The van der Waals surface area contributed by atoms with Gasteiger partial charge in [-0.05, 0) is 30.8 Å². The average Bonchev–Trinajstić information content (AvgIpc) is 2.20. The van der Waals surface area contributed by atoms with Crippen LogP contribution in [0.1, 0.15) is 5.56 Å². The van der Waals surface area contributed by atoms with Gasteiger partial charge in [0.25, 0.3) is 0 Å². The molecule has 0 radical (unpaired) electrons. The second kappa shape index (κ2) is 5.04. The molecular weight excluding hydrogens is 263 g/mol. The summed E-state index contributed by atoms with van der Waals surface area (Å²) in [4.78, 5) is 9.23. The largest absolute Gasteiger partial charge is 0.210 e. The van der Waals surface area contributed by atoms with Crippen LogP contribution in [0.15, 0.2) is 40.4 Å². The van der Waals surface area contributed by atoms with E-state index in [0.717, 1.165) is 4.90 Å². The summed E-state index contributed by atoms with van der Waals surface area (Å²) < 4.78 is 0. The normalized spacial score (nSPS) is 10.4. The minimum atomic E-state index is 0.356. The van der Waals surface area contributed by atoms with Crippen molar-refractivity contribution in [3.63, 3.8) is 0 Å². The quantitative estimate of drug-likeness (QED) is 0.603. The first-order valence-electron chi connectivity index (χ1n) is 4.58. The molecular formula is C11H8Cl2N2S. The van der Waals surface area contributed by atoms with E-state index in [1.54, 1.807) is 0 Å². The highest BCUT2D eigenvalue weighted by atomic mass is 35.5. The molecule has 1 aromatic heterocycles. The molecule has 0 amide bonds. The third kappa shape index (κ3) is 3.11. The van der Waals surface area contributed by atoms with Crippen molar-refractivity contribution in [1.29, 1.82) is 0 Å². The minimum absolute atomic E-state index is 0.356. The topological polar surface area (TPSA) is 25.8 Å². The summed E-state index contributed by atoms with van der Waals surface area (Å²) in [6.45, 7) is 2.04. The highest BCUT2D eigenvalue weighted by molar-refractivity contribution is 7.99. The first-order chi connectivity index (χ1) is 7.63. The van der Waals surface area contributed by atoms with Gasteiger partial charge in [0, 0.05) is 11.0 Å². The third-order valence-electron chi connectivity index (χ3n) is 1.87. The maximum Gasteiger partial charge on any atom is 0.195 e. The maximum absolute atomic E-state index is 5.79. The Labute approximate surface area is 108 Å². The number of rotatable bonds is 2. The van der Waals surface area contributed by atoms with Gasteiger partial charge >= 0.3 is 0 Å². The molecule has 0 saturated heterocycles. The molecule has 0 aliphatic rings. The molecule has 2 aromatic rings. The van der Waals surface area contributed by atoms with E-state index in [0.29, 0.717) is 15.5 Å². The second-order valence-corrected chi connectivity index (χ2v) is 5.03. The smallest absolute Gasteiger partial charge is 0.195 e. The predicted molar refractivity (Wildman–Crippen MR) is 67.4 cm³/mol. The van der Waals surface area contributed by atoms with Gasteiger partial charge in [-0.1, -0.05) is 40.9 Å². The van der Waals surface area contributed by atoms with Crippen LogP contribution in [0.2, 0.25) is 10.3 Å². The van der Waals surface area contributed by atoms with Gasteiger partial charge in [-0.3, -0.25) is 0 Å². The zero-order chi connectivity index (χ0) is 11.5. The van der Waals surface area contributed by atoms with Crippen molar-refractivity contribution in [1.82, 2.24) is 9.97 Å². The molecule has 1 aromatic carbocycles. The molecule has 0 N–H and O–H groups in total. The zero-order valence-electron chi connectivity index (χ0n) is 8.45. The molecule has 0 atom stereocenters. The van der Waals surface area contributed by atoms with E-state index >= 15 is 0 Å². The van der Waals surface area contributed by atoms with Gasteiger partial charge in [0.1, 0.15) is 10.3 Å². The van der Waals surface area contributed by atoms with Crippen molar-refractivity contribution in [3.8, 4) is 0 Å². The number of hydrogen-bond donors (Lipinski definition) is 0. The van der Waals surface area contributed by atoms with Gasteiger partial charge in [0.2, 0.25) is 0 Å². The lowest BCUT2D eigenvalue weighted by atomic mass is 10.2. The Kier molecular flexibility index (Phi) is 3.69. The number of benzene rings is 1. The summed E-state index contributed by atoms with van der Waals surface area (Å²) in [6.07, 6.45) is 0. The van der Waals surface area contributed by atoms with E-state index in [1.807, 2.05) is 31.2 Å². The van der Waals surface area contributed by atoms with E-state index in [1.165, 1.54) is 23.4 Å². The Bertz CT molecular complexity index is 480. The van der Waals surface area contributed by atoms with Gasteiger partial charge in [-0.25, -0.2) is 9.97 Å². The minimum Gasteiger partial charge on any atom is -0.210 e. The van der Waals surface area contributed by atoms with E-state index < -0.39 is 0 Å². The predicted octanol–water partition coefficient (Wildman–Crippen LogP) is 4.24. The summed E-state index contributed by atoms with van der Waals surface area (Å²) in [5, 5.41) is 1.27. The van der Waals surface area contributed by atoms with Crippen molar-refractivity contribution >= 4 is 35.0 Å². The highest BCUT2D eigenvalue weighted by Crippen LogP contribution is 2.26. The lowest BCUT2D eigenvalue weighted by Crippen LogP contribution is -1.87. The Morgan fingerprint density at radius 3 is 2.12 bits per heavy atom. The van der Waals surface area contributed by atoms with E-state index in [-0.39, 0.29) is 0 Å². The zero-order valence-corrected chi connectivity index (χ0v) is 10.8. The van der Waals surface area contributed by atoms with Crippen molar-refractivity contribution in [2.75, 3.05) is 0 Å². The number of nitrogens with zero attached hydrogens (tertiary/aromatic N) is 2. The summed E-state index contributed by atoms with van der Waals surface area (Å²) in [7, 11) is 0. The first-order valence-corrected chi connectivity index (χ1v) is 6.15. The average molecular weight is 271 g/mol. The standard InChI is InChI=1S/C11H8Cl2N2S/c1-7-2-4-8(5-3-7)16-11-14-9(12)6-10(13)15-11/h2-6H,1H3. The molecule has 82 valence electrons. The molecule has 1 heterocycles. The van der Waals surface area contributed by atoms with Gasteiger partial charge in [0.05, 0.1) is 0 Å². The molecule has 0 fully saturated rings. The summed E-state index contributed by atoms with van der Waals surface area (Å²) in [5.41, 5.74) is 1.22. The van der Waals surface area contributed by atoms with Crippen molar-refractivity contribution in [2.45, 2.75) is 17.0 Å². The number of aromatic nitrogens is 2. The van der Waals surface area contributed by atoms with Crippen LogP contribution in [0.25, 0.3) is 0 Å². The fourth-order valence-corrected chi connectivity index (χ4v) is 2.42. The molecule has 2 nitrogen and oxygen atoms in total. The Hall–Kier alpha value is -0.770. The maximum atomic E-state index is 5.79. The highest BCUT2D eigenvalue weighted by Gasteiger charge is 2.03. The molecule has 2 rings (SSSR count). The van der Waals surface area contributed by atoms with E-state index in [4.69, 9.17) is 23.2 Å². The van der Waals surface area contributed by atoms with E-state index in [2.05, 4.69) is 9.97 Å². The van der Waals surface area contributed by atoms with Gasteiger partial charge in [0.15, 0.2) is 5.16 Å². The second-order valence-electron chi connectivity index (χ2n) is 3.21. The Balaban J connectivity index is 2.23. The molecule has 0 bridgehead atoms. The van der Waals surface area contributed by atoms with Crippen LogP contribution in [0.3, 0.4) is 0 Å². The molecule has 0 saturated carbocycles. The van der Waals surface area contributed by atoms with Crippen LogP contribution >= 0.6 is 35.0 Å². The van der Waals surface area contributed by atoms with Crippen molar-refractivity contribution < 1.29 is 0 Å². The summed E-state index contributed by atoms with van der Waals surface area (Å²) in [6, 6.07) is 9.61. The van der Waals surface area contributed by atoms with Crippen LogP contribution in [0.4, 0.5) is 0 Å². The number of aryl methyl sites for hydroxylation is 1. The molecule has 0 aliphatic carbocycles. The third-order valence-corrected chi connectivity index (χ3v) is 3.13. The van der Waals surface area contributed by atoms with Crippen LogP contribution in [0.5, 0.6) is 0 Å². The van der Waals surface area contributed by atoms with Gasteiger partial charge < -0.3 is 0 Å². The van der Waals surface area contributed by atoms with E-state index in [9.17, 15) is 0 Å². The van der Waals surface area contributed by atoms with Crippen molar-refractivity contribution in [2.24, 2.45) is 0 Å². The first kappa shape index (κ1) is 11.7. The summed E-state index contributed by atoms with van der Waals surface area (Å²) in [5.74, 6) is 0. The molecule has 16 heavy (non-hydrogen) atoms. The molecule has 5 heteroatoms. The SMILES string of the molecule is Cc1ccc(Sc2nc(Cl)cc(Cl)n2)cc1. The van der Waals surface area contributed by atoms with Crippen LogP contribution < -0.4 is 0 Å². The fraction of sp³-hybridized carbons (Fsp3) is 0.0909. The fourth-order valence-electron chi connectivity index (χ4n) is 1.13. The lowest BCUT2D eigenvalue weighted by Gasteiger charge is -2.01. The Morgan fingerprint density at radius 2 is 1.56 bits per heavy atom. The molecule has 0 unspecified atom stereocenters. The van der Waals surface area contributed by atoms with Gasteiger partial charge in [-0.15, -0.1) is 0 Å². The van der Waals surface area contributed by atoms with Crippen LogP contribution in [0, 0.1) is 6.92 Å². The Morgan fingerprint density at radius 1 is 1.00 bits per heavy atom. The molecule has 0 spiro atoms.